The molecule has 0 fully saturated rings. The largest absolute Gasteiger partial charge is 0.514 e. The van der Waals surface area contributed by atoms with Gasteiger partial charge in [-0.2, -0.15) is 0 Å². The second-order valence-electron chi connectivity index (χ2n) is 3.45. The highest BCUT2D eigenvalue weighted by Gasteiger charge is 2.09. The highest BCUT2D eigenvalue weighted by molar-refractivity contribution is 7.12. The second-order valence-corrected chi connectivity index (χ2v) is 4.76. The SMILES string of the molecule is CCOC(=O)Oc1cc(-c2cccc(Cl)c2)cs1. The molecule has 0 spiro atoms. The van der Waals surface area contributed by atoms with Crippen LogP contribution in [0.25, 0.3) is 11.1 Å². The van der Waals surface area contributed by atoms with E-state index in [9.17, 15) is 4.79 Å². The third kappa shape index (κ3) is 3.24. The molecule has 0 amide bonds. The van der Waals surface area contributed by atoms with Crippen LogP contribution in [0.2, 0.25) is 5.02 Å². The van der Waals surface area contributed by atoms with Crippen LogP contribution in [0.5, 0.6) is 5.06 Å². The minimum absolute atomic E-state index is 0.297. The van der Waals surface area contributed by atoms with Crippen molar-refractivity contribution in [3.05, 3.63) is 40.7 Å². The molecule has 0 unspecified atom stereocenters. The fourth-order valence-corrected chi connectivity index (χ4v) is 2.37. The number of carbonyl (C=O) groups excluding carboxylic acids is 1. The molecule has 94 valence electrons. The number of carbonyl (C=O) groups is 1. The molecule has 1 heterocycles. The van der Waals surface area contributed by atoms with E-state index in [0.29, 0.717) is 16.7 Å². The van der Waals surface area contributed by atoms with Crippen LogP contribution in [0.15, 0.2) is 35.7 Å². The van der Waals surface area contributed by atoms with Gasteiger partial charge in [-0.15, -0.1) is 11.3 Å². The molecule has 0 atom stereocenters. The Bertz CT molecular complexity index is 551. The summed E-state index contributed by atoms with van der Waals surface area (Å²) >= 11 is 7.26. The van der Waals surface area contributed by atoms with E-state index in [0.717, 1.165) is 11.1 Å². The lowest BCUT2D eigenvalue weighted by Gasteiger charge is -2.00. The normalized spacial score (nSPS) is 10.1. The van der Waals surface area contributed by atoms with Crippen molar-refractivity contribution in [2.24, 2.45) is 0 Å². The zero-order valence-corrected chi connectivity index (χ0v) is 11.3. The quantitative estimate of drug-likeness (QED) is 0.772. The molecule has 3 nitrogen and oxygen atoms in total. The summed E-state index contributed by atoms with van der Waals surface area (Å²) in [5.74, 6) is 0. The van der Waals surface area contributed by atoms with Gasteiger partial charge in [0.1, 0.15) is 0 Å². The molecule has 0 radical (unpaired) electrons. The van der Waals surface area contributed by atoms with E-state index >= 15 is 0 Å². The molecule has 0 saturated carbocycles. The van der Waals surface area contributed by atoms with Gasteiger partial charge in [-0.25, -0.2) is 4.79 Å². The molecule has 18 heavy (non-hydrogen) atoms. The van der Waals surface area contributed by atoms with Crippen molar-refractivity contribution in [1.82, 2.24) is 0 Å². The van der Waals surface area contributed by atoms with Crippen molar-refractivity contribution in [2.45, 2.75) is 6.92 Å². The maximum Gasteiger partial charge on any atom is 0.514 e. The number of thiophene rings is 1. The van der Waals surface area contributed by atoms with Crippen LogP contribution in [0.1, 0.15) is 6.92 Å². The molecule has 0 N–H and O–H groups in total. The van der Waals surface area contributed by atoms with Crippen LogP contribution in [0.4, 0.5) is 4.79 Å². The molecule has 2 rings (SSSR count). The second kappa shape index (κ2) is 5.89. The lowest BCUT2D eigenvalue weighted by atomic mass is 10.1. The maximum absolute atomic E-state index is 11.2. The van der Waals surface area contributed by atoms with Gasteiger partial charge in [-0.3, -0.25) is 0 Å². The van der Waals surface area contributed by atoms with E-state index in [1.165, 1.54) is 11.3 Å². The molecule has 1 aromatic carbocycles. The Morgan fingerprint density at radius 2 is 2.17 bits per heavy atom. The summed E-state index contributed by atoms with van der Waals surface area (Å²) in [5.41, 5.74) is 1.94. The van der Waals surface area contributed by atoms with Gasteiger partial charge in [0, 0.05) is 16.5 Å². The number of ether oxygens (including phenoxy) is 2. The molecule has 0 aliphatic carbocycles. The van der Waals surface area contributed by atoms with Crippen LogP contribution in [0.3, 0.4) is 0 Å². The van der Waals surface area contributed by atoms with Gasteiger partial charge in [0.2, 0.25) is 0 Å². The first-order valence-electron chi connectivity index (χ1n) is 5.38. The summed E-state index contributed by atoms with van der Waals surface area (Å²) in [7, 11) is 0. The van der Waals surface area contributed by atoms with E-state index in [2.05, 4.69) is 0 Å². The lowest BCUT2D eigenvalue weighted by molar-refractivity contribution is 0.105. The summed E-state index contributed by atoms with van der Waals surface area (Å²) in [6.45, 7) is 2.03. The fourth-order valence-electron chi connectivity index (χ4n) is 1.42. The Morgan fingerprint density at radius 1 is 1.33 bits per heavy atom. The number of hydrogen-bond donors (Lipinski definition) is 0. The van der Waals surface area contributed by atoms with E-state index in [-0.39, 0.29) is 0 Å². The molecule has 0 saturated heterocycles. The molecule has 1 aromatic heterocycles. The van der Waals surface area contributed by atoms with Crippen molar-refractivity contribution in [2.75, 3.05) is 6.61 Å². The first-order valence-corrected chi connectivity index (χ1v) is 6.64. The van der Waals surface area contributed by atoms with Crippen LogP contribution >= 0.6 is 22.9 Å². The van der Waals surface area contributed by atoms with Gasteiger partial charge in [-0.05, 0) is 30.2 Å². The standard InChI is InChI=1S/C13H11ClO3S/c1-2-16-13(15)17-12-7-10(8-18-12)9-4-3-5-11(14)6-9/h3-8H,2H2,1H3. The number of benzene rings is 1. The summed E-state index contributed by atoms with van der Waals surface area (Å²) in [6.07, 6.45) is -0.683. The van der Waals surface area contributed by atoms with Crippen molar-refractivity contribution >= 4 is 29.1 Å². The Balaban J connectivity index is 2.13. The topological polar surface area (TPSA) is 35.5 Å². The lowest BCUT2D eigenvalue weighted by Crippen LogP contribution is -2.08. The van der Waals surface area contributed by atoms with Crippen molar-refractivity contribution in [1.29, 1.82) is 0 Å². The van der Waals surface area contributed by atoms with E-state index in [1.54, 1.807) is 13.0 Å². The van der Waals surface area contributed by atoms with Gasteiger partial charge in [0.15, 0.2) is 5.06 Å². The predicted molar refractivity (Wildman–Crippen MR) is 72.4 cm³/mol. The Labute approximate surface area is 114 Å². The fraction of sp³-hybridized carbons (Fsp3) is 0.154. The zero-order chi connectivity index (χ0) is 13.0. The number of hydrogen-bond acceptors (Lipinski definition) is 4. The van der Waals surface area contributed by atoms with Crippen molar-refractivity contribution in [3.8, 4) is 16.2 Å². The van der Waals surface area contributed by atoms with Gasteiger partial charge >= 0.3 is 6.16 Å². The van der Waals surface area contributed by atoms with E-state index in [1.807, 2.05) is 29.6 Å². The average Bonchev–Trinajstić information content (AvgIpc) is 2.78. The van der Waals surface area contributed by atoms with Crippen LogP contribution in [-0.4, -0.2) is 12.8 Å². The Morgan fingerprint density at radius 3 is 2.89 bits per heavy atom. The highest BCUT2D eigenvalue weighted by atomic mass is 35.5. The molecule has 0 aliphatic heterocycles. The van der Waals surface area contributed by atoms with Gasteiger partial charge < -0.3 is 9.47 Å². The molecule has 0 bridgehead atoms. The minimum atomic E-state index is -0.683. The zero-order valence-electron chi connectivity index (χ0n) is 9.68. The third-order valence-corrected chi connectivity index (χ3v) is 3.22. The van der Waals surface area contributed by atoms with Gasteiger partial charge in [0.05, 0.1) is 6.61 Å². The highest BCUT2D eigenvalue weighted by Crippen LogP contribution is 2.32. The first kappa shape index (κ1) is 12.9. The summed E-state index contributed by atoms with van der Waals surface area (Å²) < 4.78 is 9.72. The minimum Gasteiger partial charge on any atom is -0.434 e. The molecule has 0 aliphatic rings. The van der Waals surface area contributed by atoms with E-state index in [4.69, 9.17) is 21.1 Å². The summed E-state index contributed by atoms with van der Waals surface area (Å²) in [4.78, 5) is 11.2. The van der Waals surface area contributed by atoms with Crippen molar-refractivity contribution < 1.29 is 14.3 Å². The van der Waals surface area contributed by atoms with Crippen LogP contribution in [0, 0.1) is 0 Å². The molecule has 5 heteroatoms. The Kier molecular flexibility index (Phi) is 4.23. The van der Waals surface area contributed by atoms with E-state index < -0.39 is 6.16 Å². The van der Waals surface area contributed by atoms with Gasteiger partial charge in [-0.1, -0.05) is 23.7 Å². The maximum atomic E-state index is 11.2. The average molecular weight is 283 g/mol. The summed E-state index contributed by atoms with van der Waals surface area (Å²) in [5, 5.41) is 3.08. The predicted octanol–water partition coefficient (Wildman–Crippen LogP) is 4.60. The first-order chi connectivity index (χ1) is 8.69. The van der Waals surface area contributed by atoms with Gasteiger partial charge in [0.25, 0.3) is 0 Å². The molecule has 2 aromatic rings. The Hall–Kier alpha value is -1.52. The smallest absolute Gasteiger partial charge is 0.434 e. The van der Waals surface area contributed by atoms with Crippen LogP contribution < -0.4 is 4.74 Å². The number of rotatable bonds is 3. The van der Waals surface area contributed by atoms with Crippen molar-refractivity contribution in [3.63, 3.8) is 0 Å². The molecular weight excluding hydrogens is 272 g/mol. The monoisotopic (exact) mass is 282 g/mol. The third-order valence-electron chi connectivity index (χ3n) is 2.18. The van der Waals surface area contributed by atoms with Crippen LogP contribution in [-0.2, 0) is 4.74 Å². The molecular formula is C13H11ClO3S. The summed E-state index contributed by atoms with van der Waals surface area (Å²) in [6, 6.07) is 9.28. The number of halogens is 1.